The summed E-state index contributed by atoms with van der Waals surface area (Å²) >= 11 is 2.87. The summed E-state index contributed by atoms with van der Waals surface area (Å²) in [6, 6.07) is 12.1. The first-order chi connectivity index (χ1) is 12.5. The summed E-state index contributed by atoms with van der Waals surface area (Å²) in [4.78, 5) is 25.1. The molecule has 8 heteroatoms. The van der Waals surface area contributed by atoms with Crippen LogP contribution in [-0.4, -0.2) is 23.3 Å². The first kappa shape index (κ1) is 20.3. The predicted octanol–water partition coefficient (Wildman–Crippen LogP) is 3.78. The fraction of sp³-hybridized carbons (Fsp3) is 0.222. The van der Waals surface area contributed by atoms with Crippen molar-refractivity contribution in [2.45, 2.75) is 22.6 Å². The molecule has 0 aromatic heterocycles. The van der Waals surface area contributed by atoms with E-state index in [1.807, 2.05) is 0 Å². The van der Waals surface area contributed by atoms with Gasteiger partial charge in [0.2, 0.25) is 11.8 Å². The van der Waals surface area contributed by atoms with Gasteiger partial charge >= 0.3 is 0 Å². The predicted molar refractivity (Wildman–Crippen MR) is 99.8 cm³/mol. The maximum atomic E-state index is 12.8. The number of halogens is 2. The van der Waals surface area contributed by atoms with Gasteiger partial charge < -0.3 is 0 Å². The Hall–Kier alpha value is -2.06. The van der Waals surface area contributed by atoms with Crippen LogP contribution in [0, 0.1) is 11.6 Å². The van der Waals surface area contributed by atoms with E-state index in [4.69, 9.17) is 0 Å². The van der Waals surface area contributed by atoms with Crippen LogP contribution in [-0.2, 0) is 9.59 Å². The monoisotopic (exact) mass is 396 g/mol. The lowest BCUT2D eigenvalue weighted by Crippen LogP contribution is -2.41. The lowest BCUT2D eigenvalue weighted by Gasteiger charge is -2.07. The first-order valence-corrected chi connectivity index (χ1v) is 9.84. The maximum absolute atomic E-state index is 12.8. The van der Waals surface area contributed by atoms with Crippen molar-refractivity contribution in [2.75, 3.05) is 11.5 Å². The van der Waals surface area contributed by atoms with Crippen LogP contribution in [0.5, 0.6) is 0 Å². The Morgan fingerprint density at radius 2 is 1.04 bits per heavy atom. The Labute approximate surface area is 159 Å². The van der Waals surface area contributed by atoms with Crippen LogP contribution in [0.4, 0.5) is 8.78 Å². The molecule has 2 aromatic rings. The molecular formula is C18H18F2N2O2S2. The first-order valence-electron chi connectivity index (χ1n) is 7.87. The second-order valence-electron chi connectivity index (χ2n) is 5.20. The van der Waals surface area contributed by atoms with Gasteiger partial charge in [-0.2, -0.15) is 0 Å². The molecule has 4 nitrogen and oxygen atoms in total. The second-order valence-corrected chi connectivity index (χ2v) is 7.54. The number of benzene rings is 2. The van der Waals surface area contributed by atoms with E-state index in [0.29, 0.717) is 11.5 Å². The van der Waals surface area contributed by atoms with Crippen LogP contribution in [0.15, 0.2) is 58.3 Å². The molecule has 0 radical (unpaired) electrons. The molecule has 0 aliphatic carbocycles. The van der Waals surface area contributed by atoms with Crippen LogP contribution in [0.25, 0.3) is 0 Å². The van der Waals surface area contributed by atoms with Gasteiger partial charge in [-0.1, -0.05) is 0 Å². The molecule has 0 saturated carbocycles. The Morgan fingerprint density at radius 1 is 0.692 bits per heavy atom. The van der Waals surface area contributed by atoms with E-state index in [-0.39, 0.29) is 36.3 Å². The quantitative estimate of drug-likeness (QED) is 0.527. The van der Waals surface area contributed by atoms with Gasteiger partial charge in [0.05, 0.1) is 0 Å². The Balaban J connectivity index is 1.55. The van der Waals surface area contributed by atoms with E-state index in [9.17, 15) is 18.4 Å². The zero-order chi connectivity index (χ0) is 18.8. The van der Waals surface area contributed by atoms with Crippen molar-refractivity contribution in [2.24, 2.45) is 0 Å². The van der Waals surface area contributed by atoms with Crippen molar-refractivity contribution in [1.82, 2.24) is 10.9 Å². The normalized spacial score (nSPS) is 10.4. The highest BCUT2D eigenvalue weighted by atomic mass is 32.2. The molecule has 26 heavy (non-hydrogen) atoms. The number of thioether (sulfide) groups is 2. The van der Waals surface area contributed by atoms with Gasteiger partial charge in [0.15, 0.2) is 0 Å². The molecule has 0 heterocycles. The van der Waals surface area contributed by atoms with Crippen molar-refractivity contribution < 1.29 is 18.4 Å². The number of amides is 2. The van der Waals surface area contributed by atoms with Crippen molar-refractivity contribution >= 4 is 35.3 Å². The molecule has 0 unspecified atom stereocenters. The average molecular weight is 396 g/mol. The van der Waals surface area contributed by atoms with Crippen LogP contribution >= 0.6 is 23.5 Å². The molecular weight excluding hydrogens is 378 g/mol. The van der Waals surface area contributed by atoms with Crippen LogP contribution in [0.3, 0.4) is 0 Å². The van der Waals surface area contributed by atoms with Crippen molar-refractivity contribution in [1.29, 1.82) is 0 Å². The zero-order valence-electron chi connectivity index (χ0n) is 13.8. The number of rotatable bonds is 8. The molecule has 138 valence electrons. The van der Waals surface area contributed by atoms with Crippen molar-refractivity contribution in [3.8, 4) is 0 Å². The van der Waals surface area contributed by atoms with Gasteiger partial charge in [0.1, 0.15) is 11.6 Å². The lowest BCUT2D eigenvalue weighted by molar-refractivity contribution is -0.128. The smallest absolute Gasteiger partial charge is 0.239 e. The molecule has 2 amide bonds. The molecule has 0 aliphatic rings. The standard InChI is InChI=1S/C18H18F2N2O2S2/c19-13-1-5-15(6-2-13)25-11-9-17(23)21-22-18(24)10-12-26-16-7-3-14(20)4-8-16/h1-8H,9-12H2,(H,21,23)(H,22,24). The summed E-state index contributed by atoms with van der Waals surface area (Å²) in [6.45, 7) is 0. The number of hydrazine groups is 1. The van der Waals surface area contributed by atoms with Crippen molar-refractivity contribution in [3.63, 3.8) is 0 Å². The second kappa shape index (κ2) is 10.8. The highest BCUT2D eigenvalue weighted by molar-refractivity contribution is 7.99. The summed E-state index contributed by atoms with van der Waals surface area (Å²) < 4.78 is 25.6. The molecule has 2 aromatic carbocycles. The molecule has 2 rings (SSSR count). The van der Waals surface area contributed by atoms with Crippen LogP contribution < -0.4 is 10.9 Å². The largest absolute Gasteiger partial charge is 0.273 e. The van der Waals surface area contributed by atoms with Crippen molar-refractivity contribution in [3.05, 3.63) is 60.2 Å². The van der Waals surface area contributed by atoms with E-state index < -0.39 is 0 Å². The van der Waals surface area contributed by atoms with E-state index in [1.165, 1.54) is 47.8 Å². The van der Waals surface area contributed by atoms with Gasteiger partial charge in [-0.15, -0.1) is 23.5 Å². The third kappa shape index (κ3) is 7.88. The number of hydrogen-bond acceptors (Lipinski definition) is 4. The Morgan fingerprint density at radius 3 is 1.38 bits per heavy atom. The number of nitrogens with one attached hydrogen (secondary N) is 2. The molecule has 0 aliphatic heterocycles. The number of carbonyl (C=O) groups is 2. The number of hydrogen-bond donors (Lipinski definition) is 2. The SMILES string of the molecule is O=C(CCSc1ccc(F)cc1)NNC(=O)CCSc1ccc(F)cc1. The lowest BCUT2D eigenvalue weighted by atomic mass is 10.4. The summed E-state index contributed by atoms with van der Waals surface area (Å²) in [5.41, 5.74) is 4.73. The summed E-state index contributed by atoms with van der Waals surface area (Å²) in [5.74, 6) is -0.139. The van der Waals surface area contributed by atoms with E-state index in [0.717, 1.165) is 9.79 Å². The Kier molecular flexibility index (Phi) is 8.43. The highest BCUT2D eigenvalue weighted by Gasteiger charge is 2.06. The zero-order valence-corrected chi connectivity index (χ0v) is 15.5. The molecule has 0 spiro atoms. The maximum Gasteiger partial charge on any atom is 0.239 e. The molecule has 0 bridgehead atoms. The van der Waals surface area contributed by atoms with Gasteiger partial charge in [0.25, 0.3) is 0 Å². The van der Waals surface area contributed by atoms with E-state index >= 15 is 0 Å². The third-order valence-electron chi connectivity index (χ3n) is 3.16. The minimum atomic E-state index is -0.299. The number of carbonyl (C=O) groups excluding carboxylic acids is 2. The Bertz CT molecular complexity index is 661. The van der Waals surface area contributed by atoms with Crippen LogP contribution in [0.1, 0.15) is 12.8 Å². The molecule has 0 saturated heterocycles. The topological polar surface area (TPSA) is 58.2 Å². The fourth-order valence-electron chi connectivity index (χ4n) is 1.85. The van der Waals surface area contributed by atoms with E-state index in [1.54, 1.807) is 24.3 Å². The fourth-order valence-corrected chi connectivity index (χ4v) is 3.55. The molecule has 2 N–H and O–H groups in total. The van der Waals surface area contributed by atoms with Crippen LogP contribution in [0.2, 0.25) is 0 Å². The summed E-state index contributed by atoms with van der Waals surface area (Å²) in [6.07, 6.45) is 0.458. The average Bonchev–Trinajstić information content (AvgIpc) is 2.63. The van der Waals surface area contributed by atoms with Gasteiger partial charge in [-0.25, -0.2) is 8.78 Å². The van der Waals surface area contributed by atoms with Gasteiger partial charge in [-0.05, 0) is 48.5 Å². The summed E-state index contributed by atoms with van der Waals surface area (Å²) in [5, 5.41) is 0. The van der Waals surface area contributed by atoms with Gasteiger partial charge in [0, 0.05) is 34.1 Å². The molecule has 0 fully saturated rings. The minimum absolute atomic E-state index is 0.229. The molecule has 0 atom stereocenters. The summed E-state index contributed by atoms with van der Waals surface area (Å²) in [7, 11) is 0. The van der Waals surface area contributed by atoms with Gasteiger partial charge in [-0.3, -0.25) is 20.4 Å². The minimum Gasteiger partial charge on any atom is -0.273 e. The van der Waals surface area contributed by atoms with E-state index in [2.05, 4.69) is 10.9 Å². The third-order valence-corrected chi connectivity index (χ3v) is 5.19. The highest BCUT2D eigenvalue weighted by Crippen LogP contribution is 2.19.